The first-order chi connectivity index (χ1) is 6.59. The third-order valence-electron chi connectivity index (χ3n) is 1.43. The van der Waals surface area contributed by atoms with Crippen molar-refractivity contribution in [2.24, 2.45) is 5.73 Å². The predicted octanol–water partition coefficient (Wildman–Crippen LogP) is 2.85. The van der Waals surface area contributed by atoms with Crippen LogP contribution < -0.4 is 11.1 Å². The summed E-state index contributed by atoms with van der Waals surface area (Å²) in [5, 5.41) is 10.8. The molecule has 4 N–H and O–H groups in total. The van der Waals surface area contributed by atoms with Gasteiger partial charge in [0.1, 0.15) is 5.84 Å². The number of nitrogens with one attached hydrogen (secondary N) is 2. The van der Waals surface area contributed by atoms with Crippen LogP contribution in [0.3, 0.4) is 0 Å². The molecule has 1 aromatic rings. The molecular formula is C9H9Cl2N3. The lowest BCUT2D eigenvalue weighted by Crippen LogP contribution is -2.05. The Morgan fingerprint density at radius 2 is 2.07 bits per heavy atom. The lowest BCUT2D eigenvalue weighted by atomic mass is 10.3. The van der Waals surface area contributed by atoms with Gasteiger partial charge in [-0.05, 0) is 24.3 Å². The van der Waals surface area contributed by atoms with Crippen LogP contribution in [-0.4, -0.2) is 5.84 Å². The molecule has 74 valence electrons. The Bertz CT molecular complexity index is 374. The fourth-order valence-electron chi connectivity index (χ4n) is 0.814. The standard InChI is InChI=1S/C9H9Cl2N3/c10-7-2-1-6(5-8(7)11)14-4-3-9(12)13/h1-5,14H,(H3,12,13)/b4-3-. The van der Waals surface area contributed by atoms with E-state index >= 15 is 0 Å². The highest BCUT2D eigenvalue weighted by Crippen LogP contribution is 2.24. The van der Waals surface area contributed by atoms with Gasteiger partial charge in [0, 0.05) is 11.9 Å². The maximum atomic E-state index is 6.94. The van der Waals surface area contributed by atoms with E-state index in [1.54, 1.807) is 24.4 Å². The number of rotatable bonds is 3. The minimum absolute atomic E-state index is 0.0161. The van der Waals surface area contributed by atoms with Crippen LogP contribution in [0.4, 0.5) is 5.69 Å². The molecule has 0 aliphatic carbocycles. The SMILES string of the molecule is N=C(N)/C=C\Nc1ccc(Cl)c(Cl)c1. The summed E-state index contributed by atoms with van der Waals surface area (Å²) >= 11 is 11.5. The second-order valence-electron chi connectivity index (χ2n) is 2.56. The van der Waals surface area contributed by atoms with E-state index in [-0.39, 0.29) is 5.84 Å². The fraction of sp³-hybridized carbons (Fsp3) is 0. The number of nitrogens with two attached hydrogens (primary N) is 1. The Morgan fingerprint density at radius 1 is 1.36 bits per heavy atom. The number of benzene rings is 1. The molecule has 3 nitrogen and oxygen atoms in total. The molecule has 1 aromatic carbocycles. The third-order valence-corrected chi connectivity index (χ3v) is 2.17. The number of hydrogen-bond acceptors (Lipinski definition) is 2. The van der Waals surface area contributed by atoms with Crippen LogP contribution in [0.2, 0.25) is 10.0 Å². The number of halogens is 2. The average Bonchev–Trinajstić information content (AvgIpc) is 2.10. The number of hydrogen-bond donors (Lipinski definition) is 3. The van der Waals surface area contributed by atoms with Crippen molar-refractivity contribution >= 4 is 34.7 Å². The van der Waals surface area contributed by atoms with Crippen molar-refractivity contribution in [3.63, 3.8) is 0 Å². The fourth-order valence-corrected chi connectivity index (χ4v) is 1.11. The molecule has 0 heterocycles. The summed E-state index contributed by atoms with van der Waals surface area (Å²) in [5.41, 5.74) is 5.91. The number of amidine groups is 1. The summed E-state index contributed by atoms with van der Waals surface area (Å²) in [7, 11) is 0. The molecule has 0 unspecified atom stereocenters. The van der Waals surface area contributed by atoms with Crippen molar-refractivity contribution in [1.82, 2.24) is 0 Å². The van der Waals surface area contributed by atoms with Crippen LogP contribution in [-0.2, 0) is 0 Å². The van der Waals surface area contributed by atoms with E-state index in [9.17, 15) is 0 Å². The lowest BCUT2D eigenvalue weighted by molar-refractivity contribution is 1.46. The van der Waals surface area contributed by atoms with Gasteiger partial charge in [-0.2, -0.15) is 0 Å². The zero-order valence-corrected chi connectivity index (χ0v) is 8.73. The molecule has 0 radical (unpaired) electrons. The van der Waals surface area contributed by atoms with E-state index < -0.39 is 0 Å². The molecule has 0 saturated heterocycles. The van der Waals surface area contributed by atoms with Gasteiger partial charge in [-0.15, -0.1) is 0 Å². The van der Waals surface area contributed by atoms with Crippen molar-refractivity contribution in [3.8, 4) is 0 Å². The minimum atomic E-state index is -0.0161. The van der Waals surface area contributed by atoms with Gasteiger partial charge in [0.05, 0.1) is 10.0 Å². The topological polar surface area (TPSA) is 61.9 Å². The second kappa shape index (κ2) is 4.88. The van der Waals surface area contributed by atoms with Gasteiger partial charge in [0.15, 0.2) is 0 Å². The maximum absolute atomic E-state index is 6.94. The van der Waals surface area contributed by atoms with Gasteiger partial charge in [0.25, 0.3) is 0 Å². The van der Waals surface area contributed by atoms with Crippen LogP contribution >= 0.6 is 23.2 Å². The largest absolute Gasteiger partial charge is 0.384 e. The Morgan fingerprint density at radius 3 is 2.64 bits per heavy atom. The monoisotopic (exact) mass is 229 g/mol. The average molecular weight is 230 g/mol. The first-order valence-electron chi connectivity index (χ1n) is 3.82. The van der Waals surface area contributed by atoms with Gasteiger partial charge in [-0.1, -0.05) is 23.2 Å². The second-order valence-corrected chi connectivity index (χ2v) is 3.38. The van der Waals surface area contributed by atoms with Gasteiger partial charge in [-0.3, -0.25) is 5.41 Å². The lowest BCUT2D eigenvalue weighted by Gasteiger charge is -2.01. The highest BCUT2D eigenvalue weighted by atomic mass is 35.5. The van der Waals surface area contributed by atoms with Gasteiger partial charge < -0.3 is 11.1 Å². The molecule has 0 aliphatic heterocycles. The zero-order valence-electron chi connectivity index (χ0n) is 7.22. The number of anilines is 1. The van der Waals surface area contributed by atoms with Crippen LogP contribution in [0.5, 0.6) is 0 Å². The Kier molecular flexibility index (Phi) is 3.80. The summed E-state index contributed by atoms with van der Waals surface area (Å²) in [6.07, 6.45) is 2.99. The predicted molar refractivity (Wildman–Crippen MR) is 61.1 cm³/mol. The molecule has 0 bridgehead atoms. The van der Waals surface area contributed by atoms with Crippen molar-refractivity contribution in [1.29, 1.82) is 5.41 Å². The smallest absolute Gasteiger partial charge is 0.116 e. The molecule has 0 atom stereocenters. The summed E-state index contributed by atoms with van der Waals surface area (Å²) < 4.78 is 0. The minimum Gasteiger partial charge on any atom is -0.384 e. The van der Waals surface area contributed by atoms with Crippen LogP contribution in [0.25, 0.3) is 0 Å². The normalized spacial score (nSPS) is 10.4. The van der Waals surface area contributed by atoms with Crippen molar-refractivity contribution in [3.05, 3.63) is 40.5 Å². The summed E-state index contributed by atoms with van der Waals surface area (Å²) in [5.74, 6) is -0.0161. The summed E-state index contributed by atoms with van der Waals surface area (Å²) in [6, 6.07) is 5.15. The highest BCUT2D eigenvalue weighted by Gasteiger charge is 1.96. The van der Waals surface area contributed by atoms with Crippen LogP contribution in [0.1, 0.15) is 0 Å². The maximum Gasteiger partial charge on any atom is 0.116 e. The van der Waals surface area contributed by atoms with Crippen molar-refractivity contribution in [2.45, 2.75) is 0 Å². The molecule has 0 amide bonds. The molecular weight excluding hydrogens is 221 g/mol. The highest BCUT2D eigenvalue weighted by molar-refractivity contribution is 6.42. The molecule has 0 aliphatic rings. The molecule has 5 heteroatoms. The zero-order chi connectivity index (χ0) is 10.6. The quantitative estimate of drug-likeness (QED) is 0.552. The Labute approximate surface area is 92.0 Å². The van der Waals surface area contributed by atoms with E-state index in [4.69, 9.17) is 34.3 Å². The molecule has 0 spiro atoms. The summed E-state index contributed by atoms with van der Waals surface area (Å²) in [4.78, 5) is 0. The van der Waals surface area contributed by atoms with Crippen LogP contribution in [0.15, 0.2) is 30.5 Å². The van der Waals surface area contributed by atoms with Gasteiger partial charge in [-0.25, -0.2) is 0 Å². The van der Waals surface area contributed by atoms with Gasteiger partial charge >= 0.3 is 0 Å². The molecule has 0 fully saturated rings. The van der Waals surface area contributed by atoms with Crippen molar-refractivity contribution in [2.75, 3.05) is 5.32 Å². The molecule has 0 saturated carbocycles. The van der Waals surface area contributed by atoms with Crippen molar-refractivity contribution < 1.29 is 0 Å². The van der Waals surface area contributed by atoms with E-state index in [0.717, 1.165) is 5.69 Å². The molecule has 1 rings (SSSR count). The summed E-state index contributed by atoms with van der Waals surface area (Å²) in [6.45, 7) is 0. The third kappa shape index (κ3) is 3.28. The van der Waals surface area contributed by atoms with E-state index in [1.165, 1.54) is 6.08 Å². The van der Waals surface area contributed by atoms with E-state index in [2.05, 4.69) is 5.32 Å². The first kappa shape index (κ1) is 10.9. The van der Waals surface area contributed by atoms with E-state index in [0.29, 0.717) is 10.0 Å². The Hall–Kier alpha value is -1.19. The van der Waals surface area contributed by atoms with E-state index in [1.807, 2.05) is 0 Å². The first-order valence-corrected chi connectivity index (χ1v) is 4.57. The molecule has 0 aromatic heterocycles. The Balaban J connectivity index is 2.69. The van der Waals surface area contributed by atoms with Gasteiger partial charge in [0.2, 0.25) is 0 Å². The molecule has 14 heavy (non-hydrogen) atoms. The van der Waals surface area contributed by atoms with Crippen LogP contribution in [0, 0.1) is 5.41 Å².